The van der Waals surface area contributed by atoms with Gasteiger partial charge in [-0.15, -0.1) is 0 Å². The molecule has 0 N–H and O–H groups in total. The predicted molar refractivity (Wildman–Crippen MR) is 93.2 cm³/mol. The Morgan fingerprint density at radius 2 is 1.70 bits per heavy atom. The summed E-state index contributed by atoms with van der Waals surface area (Å²) >= 11 is 0. The van der Waals surface area contributed by atoms with Gasteiger partial charge in [0.2, 0.25) is 0 Å². The first-order chi connectivity index (χ1) is 11.3. The number of hydrogen-bond acceptors (Lipinski definition) is 2. The van der Waals surface area contributed by atoms with Gasteiger partial charge < -0.3 is 9.80 Å². The molecule has 1 amide bonds. The van der Waals surface area contributed by atoms with Crippen LogP contribution in [0, 0.1) is 5.41 Å². The van der Waals surface area contributed by atoms with E-state index in [1.165, 1.54) is 58.0 Å². The molecule has 4 rings (SSSR count). The second-order valence-corrected chi connectivity index (χ2v) is 8.05. The van der Waals surface area contributed by atoms with Crippen molar-refractivity contribution in [3.63, 3.8) is 0 Å². The third kappa shape index (κ3) is 3.13. The van der Waals surface area contributed by atoms with Crippen molar-refractivity contribution in [3.05, 3.63) is 23.8 Å². The third-order valence-corrected chi connectivity index (χ3v) is 6.80. The van der Waals surface area contributed by atoms with Crippen molar-refractivity contribution in [2.45, 2.75) is 63.8 Å². The van der Waals surface area contributed by atoms with Crippen LogP contribution in [0.1, 0.15) is 57.8 Å². The summed E-state index contributed by atoms with van der Waals surface area (Å²) < 4.78 is 0. The Hall–Kier alpha value is -1.09. The van der Waals surface area contributed by atoms with Crippen LogP contribution in [0.4, 0.5) is 0 Å². The Bertz CT molecular complexity index is 500. The van der Waals surface area contributed by atoms with Crippen LogP contribution in [-0.2, 0) is 4.79 Å². The van der Waals surface area contributed by atoms with Gasteiger partial charge in [-0.3, -0.25) is 4.79 Å². The van der Waals surface area contributed by atoms with E-state index >= 15 is 0 Å². The Balaban J connectivity index is 1.30. The van der Waals surface area contributed by atoms with E-state index in [4.69, 9.17) is 0 Å². The standard InChI is InChI=1S/C20H30N2O/c23-19(17-5-2-1-3-6-17)22-15-11-20(12-16-22)9-13-21(14-10-20)18-7-4-8-18/h2,5-6,18H,1,3-4,7-16H2. The van der Waals surface area contributed by atoms with Gasteiger partial charge in [-0.1, -0.05) is 24.6 Å². The third-order valence-electron chi connectivity index (χ3n) is 6.80. The molecule has 2 saturated heterocycles. The molecule has 0 bridgehead atoms. The van der Waals surface area contributed by atoms with Crippen LogP contribution in [0.25, 0.3) is 0 Å². The number of carbonyl (C=O) groups is 1. The molecule has 4 aliphatic rings. The predicted octanol–water partition coefficient (Wildman–Crippen LogP) is 3.52. The normalized spacial score (nSPS) is 28.5. The van der Waals surface area contributed by atoms with Gasteiger partial charge in [0.15, 0.2) is 0 Å². The lowest BCUT2D eigenvalue weighted by Crippen LogP contribution is -2.51. The lowest BCUT2D eigenvalue weighted by Gasteiger charge is -2.50. The van der Waals surface area contributed by atoms with Crippen molar-refractivity contribution in [1.82, 2.24) is 9.80 Å². The summed E-state index contributed by atoms with van der Waals surface area (Å²) in [6, 6.07) is 0.902. The minimum atomic E-state index is 0.266. The topological polar surface area (TPSA) is 23.6 Å². The van der Waals surface area contributed by atoms with Gasteiger partial charge in [0.05, 0.1) is 0 Å². The summed E-state index contributed by atoms with van der Waals surface area (Å²) in [5.41, 5.74) is 1.46. The monoisotopic (exact) mass is 314 g/mol. The summed E-state index contributed by atoms with van der Waals surface area (Å²) in [4.78, 5) is 17.5. The SMILES string of the molecule is O=C(C1=CCCC=C1)N1CCC2(CC1)CCN(C1CCC1)CC2. The summed E-state index contributed by atoms with van der Waals surface area (Å²) in [5, 5.41) is 0. The maximum Gasteiger partial charge on any atom is 0.253 e. The highest BCUT2D eigenvalue weighted by atomic mass is 16.2. The molecule has 2 heterocycles. The van der Waals surface area contributed by atoms with Crippen LogP contribution in [0.15, 0.2) is 23.8 Å². The van der Waals surface area contributed by atoms with Gasteiger partial charge in [0.25, 0.3) is 5.91 Å². The number of allylic oxidation sites excluding steroid dienone is 2. The van der Waals surface area contributed by atoms with E-state index in [0.29, 0.717) is 5.41 Å². The average Bonchev–Trinajstić information content (AvgIpc) is 2.56. The Morgan fingerprint density at radius 3 is 2.26 bits per heavy atom. The number of rotatable bonds is 2. The highest BCUT2D eigenvalue weighted by Gasteiger charge is 2.40. The fourth-order valence-corrected chi connectivity index (χ4v) is 4.75. The molecule has 0 aromatic heterocycles. The van der Waals surface area contributed by atoms with Gasteiger partial charge in [-0.25, -0.2) is 0 Å². The molecule has 0 atom stereocenters. The minimum Gasteiger partial charge on any atom is -0.339 e. The molecular formula is C20H30N2O. The highest BCUT2D eigenvalue weighted by Crippen LogP contribution is 2.43. The molecule has 2 aliphatic heterocycles. The Morgan fingerprint density at radius 1 is 1.00 bits per heavy atom. The summed E-state index contributed by atoms with van der Waals surface area (Å²) in [7, 11) is 0. The van der Waals surface area contributed by atoms with Crippen molar-refractivity contribution in [1.29, 1.82) is 0 Å². The number of nitrogens with zero attached hydrogens (tertiary/aromatic N) is 2. The van der Waals surface area contributed by atoms with E-state index in [2.05, 4.69) is 22.0 Å². The number of likely N-dealkylation sites (tertiary alicyclic amines) is 2. The zero-order chi connectivity index (χ0) is 15.7. The number of piperidine rings is 2. The molecule has 126 valence electrons. The van der Waals surface area contributed by atoms with Crippen LogP contribution < -0.4 is 0 Å². The van der Waals surface area contributed by atoms with Gasteiger partial charge in [-0.05, 0) is 69.9 Å². The molecule has 3 nitrogen and oxygen atoms in total. The van der Waals surface area contributed by atoms with Crippen LogP contribution in [-0.4, -0.2) is 47.9 Å². The minimum absolute atomic E-state index is 0.266. The van der Waals surface area contributed by atoms with Crippen molar-refractivity contribution in [2.24, 2.45) is 5.41 Å². The molecule has 0 unspecified atom stereocenters. The molecule has 3 heteroatoms. The van der Waals surface area contributed by atoms with E-state index < -0.39 is 0 Å². The van der Waals surface area contributed by atoms with Crippen molar-refractivity contribution in [2.75, 3.05) is 26.2 Å². The number of carbonyl (C=O) groups excluding carboxylic acids is 1. The highest BCUT2D eigenvalue weighted by molar-refractivity contribution is 5.96. The van der Waals surface area contributed by atoms with Crippen LogP contribution in [0.3, 0.4) is 0 Å². The van der Waals surface area contributed by atoms with E-state index in [0.717, 1.165) is 37.5 Å². The summed E-state index contributed by atoms with van der Waals surface area (Å²) in [6.07, 6.45) is 17.8. The lowest BCUT2D eigenvalue weighted by atomic mass is 9.70. The second-order valence-electron chi connectivity index (χ2n) is 8.05. The molecule has 0 aromatic rings. The van der Waals surface area contributed by atoms with Gasteiger partial charge >= 0.3 is 0 Å². The second kappa shape index (κ2) is 6.43. The summed E-state index contributed by atoms with van der Waals surface area (Å²) in [5.74, 6) is 0.266. The van der Waals surface area contributed by atoms with E-state index in [1.54, 1.807) is 0 Å². The molecule has 1 saturated carbocycles. The van der Waals surface area contributed by atoms with Crippen LogP contribution in [0.2, 0.25) is 0 Å². The fraction of sp³-hybridized carbons (Fsp3) is 0.750. The molecule has 1 spiro atoms. The first-order valence-corrected chi connectivity index (χ1v) is 9.66. The van der Waals surface area contributed by atoms with Gasteiger partial charge in [0.1, 0.15) is 0 Å². The zero-order valence-corrected chi connectivity index (χ0v) is 14.3. The molecule has 3 fully saturated rings. The lowest BCUT2D eigenvalue weighted by molar-refractivity contribution is -0.129. The average molecular weight is 314 g/mol. The smallest absolute Gasteiger partial charge is 0.253 e. The largest absolute Gasteiger partial charge is 0.339 e. The zero-order valence-electron chi connectivity index (χ0n) is 14.3. The van der Waals surface area contributed by atoms with Crippen molar-refractivity contribution < 1.29 is 4.79 Å². The summed E-state index contributed by atoms with van der Waals surface area (Å²) in [6.45, 7) is 4.53. The molecule has 23 heavy (non-hydrogen) atoms. The van der Waals surface area contributed by atoms with E-state index in [1.807, 2.05) is 6.08 Å². The van der Waals surface area contributed by atoms with Crippen molar-refractivity contribution in [3.8, 4) is 0 Å². The molecule has 0 aromatic carbocycles. The fourth-order valence-electron chi connectivity index (χ4n) is 4.75. The first-order valence-electron chi connectivity index (χ1n) is 9.66. The molecule has 2 aliphatic carbocycles. The molecular weight excluding hydrogens is 284 g/mol. The quantitative estimate of drug-likeness (QED) is 0.778. The van der Waals surface area contributed by atoms with E-state index in [9.17, 15) is 4.79 Å². The number of hydrogen-bond donors (Lipinski definition) is 0. The van der Waals surface area contributed by atoms with Crippen LogP contribution >= 0.6 is 0 Å². The first kappa shape index (κ1) is 15.4. The Labute approximate surface area is 140 Å². The molecule has 0 radical (unpaired) electrons. The maximum absolute atomic E-state index is 12.6. The van der Waals surface area contributed by atoms with Crippen molar-refractivity contribution >= 4 is 5.91 Å². The maximum atomic E-state index is 12.6. The Kier molecular flexibility index (Phi) is 4.31. The van der Waals surface area contributed by atoms with Gasteiger partial charge in [-0.2, -0.15) is 0 Å². The van der Waals surface area contributed by atoms with Gasteiger partial charge in [0, 0.05) is 24.7 Å². The number of amides is 1. The van der Waals surface area contributed by atoms with E-state index in [-0.39, 0.29) is 5.91 Å². The van der Waals surface area contributed by atoms with Crippen LogP contribution in [0.5, 0.6) is 0 Å².